The van der Waals surface area contributed by atoms with E-state index in [0.717, 1.165) is 27.7 Å². The summed E-state index contributed by atoms with van der Waals surface area (Å²) in [7, 11) is 0. The molecule has 128 valence electrons. The van der Waals surface area contributed by atoms with Crippen LogP contribution in [0, 0.1) is 5.82 Å². The summed E-state index contributed by atoms with van der Waals surface area (Å²) in [6.45, 7) is 4.23. The number of halogens is 1. The number of benzene rings is 3. The van der Waals surface area contributed by atoms with Crippen molar-refractivity contribution < 1.29 is 4.39 Å². The Labute approximate surface area is 153 Å². The molecule has 26 heavy (non-hydrogen) atoms. The predicted octanol–water partition coefficient (Wildman–Crippen LogP) is 6.83. The summed E-state index contributed by atoms with van der Waals surface area (Å²) in [5.74, 6) is 0.0780. The van der Waals surface area contributed by atoms with Crippen molar-refractivity contribution in [1.82, 2.24) is 4.98 Å². The van der Waals surface area contributed by atoms with Gasteiger partial charge in [0.25, 0.3) is 0 Å². The average Bonchev–Trinajstić information content (AvgIpc) is 2.67. The van der Waals surface area contributed by atoms with Crippen LogP contribution in [-0.4, -0.2) is 4.98 Å². The van der Waals surface area contributed by atoms with Gasteiger partial charge in [-0.3, -0.25) is 0 Å². The van der Waals surface area contributed by atoms with Gasteiger partial charge in [0.1, 0.15) is 5.82 Å². The molecule has 2 heteroatoms. The lowest BCUT2D eigenvalue weighted by molar-refractivity contribution is 0.627. The summed E-state index contributed by atoms with van der Waals surface area (Å²) >= 11 is 0. The molecule has 0 atom stereocenters. The standard InChI is InChI=1S/C24H20FN/c1-16(2)21-11-10-20(25)15-22(21)24-13-9-19-14-18(8-12-23(19)26-24)17-6-4-3-5-7-17/h3-16H,1-2H3. The van der Waals surface area contributed by atoms with Crippen LogP contribution in [0.25, 0.3) is 33.3 Å². The van der Waals surface area contributed by atoms with Crippen molar-refractivity contribution in [3.63, 3.8) is 0 Å². The van der Waals surface area contributed by atoms with E-state index in [9.17, 15) is 4.39 Å². The molecule has 0 radical (unpaired) electrons. The van der Waals surface area contributed by atoms with Crippen molar-refractivity contribution in [3.8, 4) is 22.4 Å². The highest BCUT2D eigenvalue weighted by Crippen LogP contribution is 2.31. The molecule has 0 bridgehead atoms. The SMILES string of the molecule is CC(C)c1ccc(F)cc1-c1ccc2cc(-c3ccccc3)ccc2n1. The maximum Gasteiger partial charge on any atom is 0.123 e. The normalized spacial score (nSPS) is 11.2. The third-order valence-corrected chi connectivity index (χ3v) is 4.71. The second-order valence-electron chi connectivity index (χ2n) is 6.86. The van der Waals surface area contributed by atoms with Crippen LogP contribution in [0.3, 0.4) is 0 Å². The van der Waals surface area contributed by atoms with Crippen LogP contribution in [0.2, 0.25) is 0 Å². The third-order valence-electron chi connectivity index (χ3n) is 4.71. The highest BCUT2D eigenvalue weighted by atomic mass is 19.1. The van der Waals surface area contributed by atoms with E-state index in [0.29, 0.717) is 5.92 Å². The number of hydrogen-bond acceptors (Lipinski definition) is 1. The Morgan fingerprint density at radius 2 is 1.58 bits per heavy atom. The van der Waals surface area contributed by atoms with Crippen LogP contribution in [0.15, 0.2) is 78.9 Å². The summed E-state index contributed by atoms with van der Waals surface area (Å²) in [4.78, 5) is 4.80. The van der Waals surface area contributed by atoms with Gasteiger partial charge in [0.05, 0.1) is 11.2 Å². The summed E-state index contributed by atoms with van der Waals surface area (Å²) in [6.07, 6.45) is 0. The summed E-state index contributed by atoms with van der Waals surface area (Å²) in [5, 5.41) is 1.08. The Morgan fingerprint density at radius 1 is 0.769 bits per heavy atom. The van der Waals surface area contributed by atoms with E-state index >= 15 is 0 Å². The van der Waals surface area contributed by atoms with Crippen LogP contribution in [-0.2, 0) is 0 Å². The molecule has 4 aromatic rings. The van der Waals surface area contributed by atoms with Crippen molar-refractivity contribution in [2.45, 2.75) is 19.8 Å². The average molecular weight is 341 g/mol. The number of hydrogen-bond donors (Lipinski definition) is 0. The van der Waals surface area contributed by atoms with E-state index in [1.165, 1.54) is 17.2 Å². The largest absolute Gasteiger partial charge is 0.248 e. The molecule has 0 fully saturated rings. The molecule has 0 aliphatic carbocycles. The van der Waals surface area contributed by atoms with Gasteiger partial charge >= 0.3 is 0 Å². The molecule has 0 saturated carbocycles. The molecule has 0 spiro atoms. The summed E-state index contributed by atoms with van der Waals surface area (Å²) in [5.41, 5.74) is 6.06. The monoisotopic (exact) mass is 341 g/mol. The molecule has 1 aromatic heterocycles. The molecular weight excluding hydrogens is 321 g/mol. The molecule has 0 aliphatic rings. The zero-order valence-corrected chi connectivity index (χ0v) is 14.9. The van der Waals surface area contributed by atoms with Gasteiger partial charge < -0.3 is 0 Å². The van der Waals surface area contributed by atoms with E-state index in [4.69, 9.17) is 4.98 Å². The minimum Gasteiger partial charge on any atom is -0.248 e. The fourth-order valence-electron chi connectivity index (χ4n) is 3.34. The van der Waals surface area contributed by atoms with E-state index in [2.05, 4.69) is 44.2 Å². The van der Waals surface area contributed by atoms with E-state index in [1.807, 2.05) is 36.4 Å². The second kappa shape index (κ2) is 6.72. The molecule has 1 nitrogen and oxygen atoms in total. The van der Waals surface area contributed by atoms with Crippen LogP contribution in [0.5, 0.6) is 0 Å². The lowest BCUT2D eigenvalue weighted by atomic mass is 9.94. The fourth-order valence-corrected chi connectivity index (χ4v) is 3.34. The predicted molar refractivity (Wildman–Crippen MR) is 107 cm³/mol. The molecule has 4 rings (SSSR count). The third kappa shape index (κ3) is 3.11. The molecule has 3 aromatic carbocycles. The highest BCUT2D eigenvalue weighted by molar-refractivity contribution is 5.86. The molecule has 1 heterocycles. The van der Waals surface area contributed by atoms with Gasteiger partial charge in [-0.05, 0) is 52.9 Å². The zero-order chi connectivity index (χ0) is 18.1. The maximum absolute atomic E-state index is 13.8. The first-order valence-electron chi connectivity index (χ1n) is 8.88. The van der Waals surface area contributed by atoms with Gasteiger partial charge in [0.15, 0.2) is 0 Å². The van der Waals surface area contributed by atoms with Crippen molar-refractivity contribution in [2.24, 2.45) is 0 Å². The Hall–Kier alpha value is -3.00. The van der Waals surface area contributed by atoms with Gasteiger partial charge in [-0.25, -0.2) is 9.37 Å². The van der Waals surface area contributed by atoms with Crippen LogP contribution in [0.4, 0.5) is 4.39 Å². The van der Waals surface area contributed by atoms with E-state index < -0.39 is 0 Å². The molecule has 0 N–H and O–H groups in total. The van der Waals surface area contributed by atoms with Gasteiger partial charge in [0, 0.05) is 10.9 Å². The summed E-state index contributed by atoms with van der Waals surface area (Å²) < 4.78 is 13.8. The first kappa shape index (κ1) is 16.5. The lowest BCUT2D eigenvalue weighted by Gasteiger charge is -2.13. The molecule has 0 unspecified atom stereocenters. The molecule has 0 aliphatic heterocycles. The van der Waals surface area contributed by atoms with Crippen molar-refractivity contribution in [1.29, 1.82) is 0 Å². The van der Waals surface area contributed by atoms with Gasteiger partial charge in [-0.15, -0.1) is 0 Å². The van der Waals surface area contributed by atoms with Gasteiger partial charge in [-0.1, -0.05) is 62.4 Å². The quantitative estimate of drug-likeness (QED) is 0.398. The summed E-state index contributed by atoms with van der Waals surface area (Å²) in [6, 6.07) is 25.6. The first-order valence-corrected chi connectivity index (χ1v) is 8.88. The van der Waals surface area contributed by atoms with Crippen molar-refractivity contribution in [2.75, 3.05) is 0 Å². The van der Waals surface area contributed by atoms with Gasteiger partial charge in [-0.2, -0.15) is 0 Å². The molecule has 0 amide bonds. The van der Waals surface area contributed by atoms with Crippen LogP contribution in [0.1, 0.15) is 25.3 Å². The minimum atomic E-state index is -0.231. The van der Waals surface area contributed by atoms with Gasteiger partial charge in [0.2, 0.25) is 0 Å². The molecule has 0 saturated heterocycles. The van der Waals surface area contributed by atoms with Crippen LogP contribution >= 0.6 is 0 Å². The first-order chi connectivity index (χ1) is 12.6. The van der Waals surface area contributed by atoms with E-state index in [1.54, 1.807) is 6.07 Å². The van der Waals surface area contributed by atoms with Crippen molar-refractivity contribution >= 4 is 10.9 Å². The zero-order valence-electron chi connectivity index (χ0n) is 14.9. The van der Waals surface area contributed by atoms with Crippen LogP contribution < -0.4 is 0 Å². The van der Waals surface area contributed by atoms with E-state index in [-0.39, 0.29) is 5.82 Å². The number of fused-ring (bicyclic) bond motifs is 1. The molecular formula is C24H20FN. The highest BCUT2D eigenvalue weighted by Gasteiger charge is 2.12. The topological polar surface area (TPSA) is 12.9 Å². The van der Waals surface area contributed by atoms with Crippen molar-refractivity contribution in [3.05, 3.63) is 90.2 Å². The number of aromatic nitrogens is 1. The Morgan fingerprint density at radius 3 is 2.35 bits per heavy atom. The number of nitrogens with zero attached hydrogens (tertiary/aromatic N) is 1. The minimum absolute atomic E-state index is 0.231. The second-order valence-corrected chi connectivity index (χ2v) is 6.86. The number of pyridine rings is 1. The Kier molecular flexibility index (Phi) is 4.26. The lowest BCUT2D eigenvalue weighted by Crippen LogP contribution is -1.95. The number of rotatable bonds is 3. The Balaban J connectivity index is 1.81. The Bertz CT molecular complexity index is 1070. The maximum atomic E-state index is 13.8. The smallest absolute Gasteiger partial charge is 0.123 e. The fraction of sp³-hybridized carbons (Fsp3) is 0.125.